The summed E-state index contributed by atoms with van der Waals surface area (Å²) < 4.78 is 5.35. The van der Waals surface area contributed by atoms with Crippen molar-refractivity contribution in [3.05, 3.63) is 28.3 Å². The zero-order chi connectivity index (χ0) is 15.2. The Morgan fingerprint density at radius 1 is 1.38 bits per heavy atom. The summed E-state index contributed by atoms with van der Waals surface area (Å²) in [6, 6.07) is 5.60. The minimum Gasteiger partial charge on any atom is -0.381 e. The molecule has 0 radical (unpaired) electrons. The lowest BCUT2D eigenvalue weighted by Gasteiger charge is -2.16. The van der Waals surface area contributed by atoms with Crippen LogP contribution in [-0.2, 0) is 4.74 Å². The minimum atomic E-state index is -0.316. The lowest BCUT2D eigenvalue weighted by Crippen LogP contribution is -2.18. The van der Waals surface area contributed by atoms with Crippen LogP contribution >= 0.6 is 0 Å². The van der Waals surface area contributed by atoms with E-state index < -0.39 is 0 Å². The van der Waals surface area contributed by atoms with Gasteiger partial charge in [0.1, 0.15) is 11.4 Å². The Morgan fingerprint density at radius 2 is 2.14 bits per heavy atom. The van der Waals surface area contributed by atoms with Crippen LogP contribution in [0.3, 0.4) is 0 Å². The molecule has 2 atom stereocenters. The predicted octanol–water partition coefficient (Wildman–Crippen LogP) is 3.40. The Kier molecular flexibility index (Phi) is 5.38. The third-order valence-corrected chi connectivity index (χ3v) is 3.86. The van der Waals surface area contributed by atoms with Gasteiger partial charge in [-0.3, -0.25) is 10.1 Å². The molecule has 0 bridgehead atoms. The average Bonchev–Trinajstić information content (AvgIpc) is 2.92. The molecule has 1 aromatic rings. The molecule has 0 aliphatic heterocycles. The van der Waals surface area contributed by atoms with E-state index in [9.17, 15) is 10.1 Å². The van der Waals surface area contributed by atoms with E-state index in [4.69, 9.17) is 4.74 Å². The number of nitro groups is 1. The van der Waals surface area contributed by atoms with Crippen LogP contribution in [0.2, 0.25) is 0 Å². The molecule has 6 nitrogen and oxygen atoms in total. The Bertz CT molecular complexity index is 493. The second-order valence-corrected chi connectivity index (χ2v) is 5.40. The maximum atomic E-state index is 11.4. The molecule has 0 spiro atoms. The molecule has 2 N–H and O–H groups in total. The van der Waals surface area contributed by atoms with E-state index >= 15 is 0 Å². The highest BCUT2D eigenvalue weighted by atomic mass is 16.6. The lowest BCUT2D eigenvalue weighted by atomic mass is 10.2. The van der Waals surface area contributed by atoms with Crippen LogP contribution in [0.4, 0.5) is 17.1 Å². The number of ether oxygens (including phenoxy) is 1. The molecule has 1 aliphatic carbocycles. The van der Waals surface area contributed by atoms with Gasteiger partial charge in [-0.15, -0.1) is 0 Å². The number of benzene rings is 1. The number of rotatable bonds is 7. The smallest absolute Gasteiger partial charge is 0.315 e. The molecule has 21 heavy (non-hydrogen) atoms. The minimum absolute atomic E-state index is 0.131. The summed E-state index contributed by atoms with van der Waals surface area (Å²) in [7, 11) is 1.71. The standard InChI is InChI=1S/C15H23N3O3/c1-3-9-16-13-5-4-6-14(15(13)18(19)20)17-11-7-8-12(10-11)21-2/h4-6,11-12,16-17H,3,7-10H2,1-2H3. The first-order valence-corrected chi connectivity index (χ1v) is 7.46. The van der Waals surface area contributed by atoms with E-state index in [0.717, 1.165) is 32.2 Å². The highest BCUT2D eigenvalue weighted by Crippen LogP contribution is 2.35. The van der Waals surface area contributed by atoms with Crippen molar-refractivity contribution in [1.82, 2.24) is 0 Å². The zero-order valence-corrected chi connectivity index (χ0v) is 12.6. The molecule has 0 amide bonds. The van der Waals surface area contributed by atoms with Crippen molar-refractivity contribution in [2.45, 2.75) is 44.8 Å². The van der Waals surface area contributed by atoms with Crippen LogP contribution in [0.5, 0.6) is 0 Å². The summed E-state index contributed by atoms with van der Waals surface area (Å²) in [5.41, 5.74) is 1.29. The third kappa shape index (κ3) is 3.85. The Hall–Kier alpha value is -1.82. The topological polar surface area (TPSA) is 76.4 Å². The van der Waals surface area contributed by atoms with Crippen LogP contribution in [0.1, 0.15) is 32.6 Å². The Labute approximate surface area is 125 Å². The van der Waals surface area contributed by atoms with Crippen molar-refractivity contribution in [3.63, 3.8) is 0 Å². The van der Waals surface area contributed by atoms with Gasteiger partial charge in [0.05, 0.1) is 11.0 Å². The molecule has 1 aliphatic rings. The number of nitro benzene ring substituents is 1. The number of nitrogens with zero attached hydrogens (tertiary/aromatic N) is 1. The van der Waals surface area contributed by atoms with E-state index in [1.807, 2.05) is 13.0 Å². The van der Waals surface area contributed by atoms with E-state index in [-0.39, 0.29) is 22.8 Å². The number of hydrogen-bond acceptors (Lipinski definition) is 5. The van der Waals surface area contributed by atoms with Gasteiger partial charge in [0.2, 0.25) is 0 Å². The van der Waals surface area contributed by atoms with Gasteiger partial charge in [0.25, 0.3) is 0 Å². The fourth-order valence-electron chi connectivity index (χ4n) is 2.76. The quantitative estimate of drug-likeness (QED) is 0.595. The van der Waals surface area contributed by atoms with Crippen molar-refractivity contribution in [3.8, 4) is 0 Å². The van der Waals surface area contributed by atoms with Gasteiger partial charge in [-0.1, -0.05) is 13.0 Å². The summed E-state index contributed by atoms with van der Waals surface area (Å²) in [5.74, 6) is 0. The lowest BCUT2D eigenvalue weighted by molar-refractivity contribution is -0.383. The summed E-state index contributed by atoms with van der Waals surface area (Å²) in [5, 5.41) is 17.8. The molecule has 116 valence electrons. The van der Waals surface area contributed by atoms with Gasteiger partial charge < -0.3 is 15.4 Å². The SMILES string of the molecule is CCCNc1cccc(NC2CCC(OC)C2)c1[N+](=O)[O-]. The molecule has 0 aromatic heterocycles. The summed E-state index contributed by atoms with van der Waals surface area (Å²) in [4.78, 5) is 11.1. The van der Waals surface area contributed by atoms with Crippen molar-refractivity contribution in [1.29, 1.82) is 0 Å². The van der Waals surface area contributed by atoms with Crippen molar-refractivity contribution >= 4 is 17.1 Å². The van der Waals surface area contributed by atoms with Crippen LogP contribution in [0.15, 0.2) is 18.2 Å². The first kappa shape index (κ1) is 15.6. The largest absolute Gasteiger partial charge is 0.381 e. The Morgan fingerprint density at radius 3 is 2.76 bits per heavy atom. The molecule has 1 aromatic carbocycles. The van der Waals surface area contributed by atoms with E-state index in [1.165, 1.54) is 0 Å². The highest BCUT2D eigenvalue weighted by molar-refractivity contribution is 5.76. The molecule has 2 rings (SSSR count). The summed E-state index contributed by atoms with van der Waals surface area (Å²) in [6.45, 7) is 2.75. The highest BCUT2D eigenvalue weighted by Gasteiger charge is 2.27. The van der Waals surface area contributed by atoms with Gasteiger partial charge in [-0.25, -0.2) is 0 Å². The van der Waals surface area contributed by atoms with Gasteiger partial charge >= 0.3 is 5.69 Å². The first-order chi connectivity index (χ1) is 10.2. The van der Waals surface area contributed by atoms with Crippen molar-refractivity contribution < 1.29 is 9.66 Å². The molecule has 1 saturated carbocycles. The second-order valence-electron chi connectivity index (χ2n) is 5.40. The first-order valence-electron chi connectivity index (χ1n) is 7.46. The normalized spacial score (nSPS) is 21.2. The fraction of sp³-hybridized carbons (Fsp3) is 0.600. The fourth-order valence-corrected chi connectivity index (χ4v) is 2.76. The number of methoxy groups -OCH3 is 1. The number of para-hydroxylation sites is 1. The van der Waals surface area contributed by atoms with E-state index in [2.05, 4.69) is 10.6 Å². The maximum absolute atomic E-state index is 11.4. The van der Waals surface area contributed by atoms with Crippen LogP contribution < -0.4 is 10.6 Å². The predicted molar refractivity (Wildman–Crippen MR) is 83.9 cm³/mol. The van der Waals surface area contributed by atoms with Crippen molar-refractivity contribution in [2.24, 2.45) is 0 Å². The van der Waals surface area contributed by atoms with Gasteiger partial charge in [0, 0.05) is 19.7 Å². The van der Waals surface area contributed by atoms with Crippen LogP contribution in [0.25, 0.3) is 0 Å². The molecule has 2 unspecified atom stereocenters. The summed E-state index contributed by atoms with van der Waals surface area (Å²) >= 11 is 0. The van der Waals surface area contributed by atoms with Crippen molar-refractivity contribution in [2.75, 3.05) is 24.3 Å². The molecular formula is C15H23N3O3. The number of hydrogen-bond donors (Lipinski definition) is 2. The zero-order valence-electron chi connectivity index (χ0n) is 12.6. The molecular weight excluding hydrogens is 270 g/mol. The molecule has 0 heterocycles. The van der Waals surface area contributed by atoms with Crippen LogP contribution in [0, 0.1) is 10.1 Å². The Balaban J connectivity index is 2.16. The number of anilines is 2. The summed E-state index contributed by atoms with van der Waals surface area (Å²) in [6.07, 6.45) is 4.04. The van der Waals surface area contributed by atoms with Crippen LogP contribution in [-0.4, -0.2) is 30.7 Å². The molecule has 1 fully saturated rings. The monoisotopic (exact) mass is 293 g/mol. The van der Waals surface area contributed by atoms with Gasteiger partial charge in [-0.2, -0.15) is 0 Å². The number of nitrogens with one attached hydrogen (secondary N) is 2. The molecule has 0 saturated heterocycles. The van der Waals surface area contributed by atoms with Gasteiger partial charge in [0.15, 0.2) is 0 Å². The third-order valence-electron chi connectivity index (χ3n) is 3.86. The van der Waals surface area contributed by atoms with E-state index in [1.54, 1.807) is 19.2 Å². The van der Waals surface area contributed by atoms with Gasteiger partial charge in [-0.05, 0) is 37.8 Å². The van der Waals surface area contributed by atoms with E-state index in [0.29, 0.717) is 11.4 Å². The second kappa shape index (κ2) is 7.26. The average molecular weight is 293 g/mol. The molecule has 6 heteroatoms. The maximum Gasteiger partial charge on any atom is 0.315 e.